The highest BCUT2D eigenvalue weighted by Gasteiger charge is 2.37. The number of carbonyl (C=O) groups excluding carboxylic acids is 1. The molecular weight excluding hydrogens is 247 g/mol. The van der Waals surface area contributed by atoms with Crippen LogP contribution in [-0.2, 0) is 0 Å². The second kappa shape index (κ2) is 5.03. The maximum Gasteiger partial charge on any atom is 0.165 e. The maximum absolute atomic E-state index is 13.8. The highest BCUT2D eigenvalue weighted by molar-refractivity contribution is 5.86. The topological polar surface area (TPSA) is 49.4 Å². The molecule has 1 aromatic rings. The van der Waals surface area contributed by atoms with Gasteiger partial charge in [-0.2, -0.15) is 0 Å². The zero-order valence-electron chi connectivity index (χ0n) is 10.9. The van der Waals surface area contributed by atoms with Crippen molar-refractivity contribution in [2.45, 2.75) is 38.2 Å². The van der Waals surface area contributed by atoms with Crippen LogP contribution in [0.3, 0.4) is 0 Å². The summed E-state index contributed by atoms with van der Waals surface area (Å²) in [6.07, 6.45) is 3.54. The molecule has 3 nitrogen and oxygen atoms in total. The predicted octanol–water partition coefficient (Wildman–Crippen LogP) is 2.46. The number of halogens is 1. The van der Waals surface area contributed by atoms with Gasteiger partial charge in [0.25, 0.3) is 0 Å². The van der Waals surface area contributed by atoms with Crippen molar-refractivity contribution in [3.8, 4) is 5.75 Å². The zero-order valence-corrected chi connectivity index (χ0v) is 10.9. The van der Waals surface area contributed by atoms with Crippen LogP contribution in [0.1, 0.15) is 43.0 Å². The Bertz CT molecular complexity index is 516. The van der Waals surface area contributed by atoms with Crippen LogP contribution in [0.5, 0.6) is 5.75 Å². The average Bonchev–Trinajstić information content (AvgIpc) is 2.81. The van der Waals surface area contributed by atoms with Crippen molar-refractivity contribution in [2.24, 2.45) is 0 Å². The number of carboxylic acids is 1. The molecule has 0 bridgehead atoms. The third kappa shape index (κ3) is 2.62. The van der Waals surface area contributed by atoms with Crippen LogP contribution >= 0.6 is 0 Å². The molecule has 1 aliphatic carbocycles. The van der Waals surface area contributed by atoms with Crippen LogP contribution in [0.2, 0.25) is 0 Å². The molecule has 1 aromatic carbocycles. The molecule has 0 heterocycles. The van der Waals surface area contributed by atoms with Gasteiger partial charge in [-0.1, -0.05) is 6.58 Å². The molecule has 1 saturated carbocycles. The fraction of sp³-hybridized carbons (Fsp3) is 0.400. The van der Waals surface area contributed by atoms with Crippen molar-refractivity contribution in [1.29, 1.82) is 0 Å². The van der Waals surface area contributed by atoms with Gasteiger partial charge in [0.05, 0.1) is 5.97 Å². The molecule has 102 valence electrons. The van der Waals surface area contributed by atoms with E-state index in [0.29, 0.717) is 0 Å². The third-order valence-electron chi connectivity index (χ3n) is 3.66. The Morgan fingerprint density at radius 1 is 1.42 bits per heavy atom. The highest BCUT2D eigenvalue weighted by atomic mass is 19.1. The smallest absolute Gasteiger partial charge is 0.165 e. The maximum atomic E-state index is 13.8. The van der Waals surface area contributed by atoms with E-state index in [2.05, 4.69) is 6.58 Å². The van der Waals surface area contributed by atoms with E-state index in [1.54, 1.807) is 0 Å². The van der Waals surface area contributed by atoms with Gasteiger partial charge < -0.3 is 14.6 Å². The van der Waals surface area contributed by atoms with Crippen LogP contribution < -0.4 is 9.84 Å². The van der Waals surface area contributed by atoms with E-state index >= 15 is 0 Å². The zero-order chi connectivity index (χ0) is 14.0. The van der Waals surface area contributed by atoms with Crippen LogP contribution in [0.15, 0.2) is 30.4 Å². The van der Waals surface area contributed by atoms with Crippen LogP contribution in [0.4, 0.5) is 4.39 Å². The van der Waals surface area contributed by atoms with E-state index in [-0.39, 0.29) is 11.3 Å². The summed E-state index contributed by atoms with van der Waals surface area (Å²) in [6.45, 7) is 5.77. The highest BCUT2D eigenvalue weighted by Crippen LogP contribution is 2.39. The van der Waals surface area contributed by atoms with Gasteiger partial charge in [-0.25, -0.2) is 4.39 Å². The molecule has 0 unspecified atom stereocenters. The number of carboxylic acid groups (broad SMARTS) is 1. The number of hydrogen-bond acceptors (Lipinski definition) is 3. The van der Waals surface area contributed by atoms with E-state index < -0.39 is 17.4 Å². The van der Waals surface area contributed by atoms with Crippen LogP contribution in [0, 0.1) is 5.82 Å². The molecule has 19 heavy (non-hydrogen) atoms. The summed E-state index contributed by atoms with van der Waals surface area (Å²) in [5.74, 6) is -1.97. The Kier molecular flexibility index (Phi) is 3.60. The minimum absolute atomic E-state index is 0.0494. The number of benzene rings is 1. The fourth-order valence-electron chi connectivity index (χ4n) is 2.48. The molecule has 2 rings (SSSR count). The van der Waals surface area contributed by atoms with Crippen molar-refractivity contribution < 1.29 is 19.0 Å². The predicted molar refractivity (Wildman–Crippen MR) is 67.4 cm³/mol. The van der Waals surface area contributed by atoms with Gasteiger partial charge in [-0.15, -0.1) is 0 Å². The molecule has 0 spiro atoms. The summed E-state index contributed by atoms with van der Waals surface area (Å²) < 4.78 is 19.5. The molecule has 1 fully saturated rings. The fourth-order valence-corrected chi connectivity index (χ4v) is 2.48. The first-order valence-corrected chi connectivity index (χ1v) is 6.30. The summed E-state index contributed by atoms with van der Waals surface area (Å²) in [6, 6.07) is 3.43. The van der Waals surface area contributed by atoms with E-state index in [1.165, 1.54) is 12.1 Å². The molecule has 0 amide bonds. The van der Waals surface area contributed by atoms with Crippen LogP contribution in [0.25, 0.3) is 0 Å². The summed E-state index contributed by atoms with van der Waals surface area (Å²) in [4.78, 5) is 10.8. The summed E-state index contributed by atoms with van der Waals surface area (Å²) in [7, 11) is 0. The second-order valence-electron chi connectivity index (χ2n) is 5.02. The Labute approximate surface area is 111 Å². The van der Waals surface area contributed by atoms with Crippen molar-refractivity contribution in [2.75, 3.05) is 0 Å². The molecule has 1 aliphatic rings. The van der Waals surface area contributed by atoms with E-state index in [9.17, 15) is 14.3 Å². The lowest BCUT2D eigenvalue weighted by atomic mass is 9.94. The first-order chi connectivity index (χ1) is 8.94. The number of ether oxygens (including phenoxy) is 1. The van der Waals surface area contributed by atoms with Crippen molar-refractivity contribution in [1.82, 2.24) is 0 Å². The Morgan fingerprint density at radius 2 is 2.05 bits per heavy atom. The number of hydrogen-bond donors (Lipinski definition) is 0. The van der Waals surface area contributed by atoms with Crippen molar-refractivity contribution in [3.05, 3.63) is 41.7 Å². The summed E-state index contributed by atoms with van der Waals surface area (Å²) in [5.41, 5.74) is 0.167. The van der Waals surface area contributed by atoms with Gasteiger partial charge in [-0.3, -0.25) is 0 Å². The molecule has 0 aromatic heterocycles. The molecular formula is C15H16FO3-. The molecule has 0 aliphatic heterocycles. The van der Waals surface area contributed by atoms with Crippen molar-refractivity contribution >= 4 is 5.97 Å². The first kappa shape index (κ1) is 13.6. The van der Waals surface area contributed by atoms with Gasteiger partial charge in [0.2, 0.25) is 0 Å². The lowest BCUT2D eigenvalue weighted by Crippen LogP contribution is -2.34. The largest absolute Gasteiger partial charge is 0.545 e. The Hall–Kier alpha value is -1.84. The molecule has 0 N–H and O–H groups in total. The van der Waals surface area contributed by atoms with Gasteiger partial charge in [0.1, 0.15) is 5.60 Å². The van der Waals surface area contributed by atoms with Gasteiger partial charge >= 0.3 is 0 Å². The average molecular weight is 263 g/mol. The normalized spacial score (nSPS) is 17.2. The lowest BCUT2D eigenvalue weighted by molar-refractivity contribution is -0.255. The molecule has 0 atom stereocenters. The van der Waals surface area contributed by atoms with E-state index in [1.807, 2.05) is 6.92 Å². The SMILES string of the molecule is C=C(C)C1(Oc2cc(C(=O)[O-])ccc2F)CCCC1. The Balaban J connectivity index is 2.34. The quantitative estimate of drug-likeness (QED) is 0.784. The minimum Gasteiger partial charge on any atom is -0.545 e. The molecule has 0 radical (unpaired) electrons. The van der Waals surface area contributed by atoms with E-state index in [0.717, 1.165) is 37.3 Å². The van der Waals surface area contributed by atoms with Crippen molar-refractivity contribution in [3.63, 3.8) is 0 Å². The van der Waals surface area contributed by atoms with Crippen LogP contribution in [-0.4, -0.2) is 11.6 Å². The first-order valence-electron chi connectivity index (χ1n) is 6.30. The summed E-state index contributed by atoms with van der Waals surface area (Å²) in [5, 5.41) is 10.8. The van der Waals surface area contributed by atoms with Gasteiger partial charge in [0.15, 0.2) is 11.6 Å². The van der Waals surface area contributed by atoms with E-state index in [4.69, 9.17) is 4.74 Å². The lowest BCUT2D eigenvalue weighted by Gasteiger charge is -2.31. The number of rotatable bonds is 4. The Morgan fingerprint density at radius 3 is 2.58 bits per heavy atom. The second-order valence-corrected chi connectivity index (χ2v) is 5.02. The number of aromatic carboxylic acids is 1. The number of carbonyl (C=O) groups is 1. The standard InChI is InChI=1S/C15H17FO3/c1-10(2)15(7-3-4-8-15)19-13-9-11(14(17)18)5-6-12(13)16/h5-6,9H,1,3-4,7-8H2,2H3,(H,17,18)/p-1. The monoisotopic (exact) mass is 263 g/mol. The molecule has 4 heteroatoms. The molecule has 0 saturated heterocycles. The van der Waals surface area contributed by atoms with Gasteiger partial charge in [0, 0.05) is 5.56 Å². The third-order valence-corrected chi connectivity index (χ3v) is 3.66. The minimum atomic E-state index is -1.35. The van der Waals surface area contributed by atoms with Gasteiger partial charge in [-0.05, 0) is 56.4 Å². The summed E-state index contributed by atoms with van der Waals surface area (Å²) >= 11 is 0.